The first-order chi connectivity index (χ1) is 22.6. The van der Waals surface area contributed by atoms with Crippen LogP contribution in [0.1, 0.15) is 48.6 Å². The number of carbonyl (C=O) groups excluding carboxylic acids is 1. The number of halogens is 3. The maximum atomic E-state index is 12.0. The van der Waals surface area contributed by atoms with E-state index in [-0.39, 0.29) is 23.5 Å². The van der Waals surface area contributed by atoms with Crippen molar-refractivity contribution in [3.8, 4) is 5.75 Å². The molecular weight excluding hydrogens is 637 g/mol. The van der Waals surface area contributed by atoms with Gasteiger partial charge in [0, 0.05) is 11.8 Å². The van der Waals surface area contributed by atoms with E-state index in [1.807, 2.05) is 20.8 Å². The lowest BCUT2D eigenvalue weighted by molar-refractivity contribution is -0.274. The largest absolute Gasteiger partial charge is 0.573 e. The van der Waals surface area contributed by atoms with E-state index in [1.54, 1.807) is 24.3 Å². The number of ether oxygens (including phenoxy) is 2. The van der Waals surface area contributed by atoms with E-state index in [2.05, 4.69) is 86.6 Å². The van der Waals surface area contributed by atoms with Gasteiger partial charge in [-0.3, -0.25) is 4.79 Å². The highest BCUT2D eigenvalue weighted by molar-refractivity contribution is 8.02. The van der Waals surface area contributed by atoms with Crippen LogP contribution in [0.15, 0.2) is 115 Å². The van der Waals surface area contributed by atoms with Gasteiger partial charge in [0.1, 0.15) is 23.9 Å². The molecule has 0 radical (unpaired) electrons. The van der Waals surface area contributed by atoms with Crippen LogP contribution in [0.25, 0.3) is 0 Å². The Hall–Kier alpha value is -4.90. The molecule has 0 aromatic heterocycles. The van der Waals surface area contributed by atoms with Crippen molar-refractivity contribution >= 4 is 41.8 Å². The first-order valence-corrected chi connectivity index (χ1v) is 15.4. The van der Waals surface area contributed by atoms with Crippen molar-refractivity contribution in [3.05, 3.63) is 132 Å². The van der Waals surface area contributed by atoms with E-state index in [1.165, 1.54) is 53.1 Å². The monoisotopic (exact) mass is 684 g/mol. The summed E-state index contributed by atoms with van der Waals surface area (Å²) in [6, 6.07) is 18.3. The molecule has 48 heavy (non-hydrogen) atoms. The number of rotatable bonds is 9. The van der Waals surface area contributed by atoms with Crippen molar-refractivity contribution in [1.82, 2.24) is 0 Å². The molecule has 3 aromatic rings. The van der Waals surface area contributed by atoms with Crippen LogP contribution >= 0.6 is 11.8 Å². The van der Waals surface area contributed by atoms with E-state index in [9.17, 15) is 18.0 Å². The van der Waals surface area contributed by atoms with Gasteiger partial charge in [-0.1, -0.05) is 74.7 Å². The molecule has 0 bridgehead atoms. The van der Waals surface area contributed by atoms with Crippen molar-refractivity contribution in [2.45, 2.75) is 47.9 Å². The van der Waals surface area contributed by atoms with E-state index in [0.29, 0.717) is 17.2 Å². The molecule has 0 amide bonds. The Morgan fingerprint density at radius 3 is 1.90 bits per heavy atom. The van der Waals surface area contributed by atoms with E-state index >= 15 is 0 Å². The number of aliphatic imine (C=N–C) groups is 2. The summed E-state index contributed by atoms with van der Waals surface area (Å²) in [5, 5.41) is 7.11. The fourth-order valence-corrected chi connectivity index (χ4v) is 3.35. The average Bonchev–Trinajstić information content (AvgIpc) is 3.06. The molecule has 3 rings (SSSR count). The number of nitrogens with two attached hydrogens (primary N) is 1. The molecule has 0 saturated heterocycles. The SMILES string of the molecule is C=C.C=C.C=C(C)SCOC(=O)C(C)C.Cc1cccc(C)c1C.N=Cc1ccc(C(N)=NC=Nc2ccc(OC(F)(F)F)cc2)cc1. The fourth-order valence-electron chi connectivity index (χ4n) is 2.97. The summed E-state index contributed by atoms with van der Waals surface area (Å²) in [5.41, 5.74) is 11.8. The number of amidine groups is 1. The zero-order valence-corrected chi connectivity index (χ0v) is 29.4. The number of nitrogens with one attached hydrogen (secondary N) is 1. The molecular formula is C37H47F3N4O3S. The van der Waals surface area contributed by atoms with Crippen molar-refractivity contribution in [2.24, 2.45) is 21.6 Å². The van der Waals surface area contributed by atoms with Crippen molar-refractivity contribution in [1.29, 1.82) is 5.41 Å². The molecule has 3 N–H and O–H groups in total. The number of esters is 1. The molecule has 0 atom stereocenters. The minimum atomic E-state index is -4.73. The van der Waals surface area contributed by atoms with Crippen LogP contribution in [-0.4, -0.2) is 36.7 Å². The third-order valence-corrected chi connectivity index (χ3v) is 6.43. The van der Waals surface area contributed by atoms with Crippen LogP contribution in [0.4, 0.5) is 18.9 Å². The zero-order chi connectivity index (χ0) is 37.3. The maximum Gasteiger partial charge on any atom is 0.573 e. The summed E-state index contributed by atoms with van der Waals surface area (Å²) in [7, 11) is 0. The normalized spacial score (nSPS) is 10.4. The molecule has 0 aliphatic carbocycles. The Balaban J connectivity index is 0. The third kappa shape index (κ3) is 21.0. The smallest absolute Gasteiger partial charge is 0.454 e. The Bertz CT molecular complexity index is 1430. The fraction of sp³-hybridized carbons (Fsp3) is 0.243. The number of thioether (sulfide) groups is 1. The molecule has 0 aliphatic rings. The highest BCUT2D eigenvalue weighted by Crippen LogP contribution is 2.24. The summed E-state index contributed by atoms with van der Waals surface area (Å²) in [4.78, 5) is 19.8. The second-order valence-corrected chi connectivity index (χ2v) is 10.9. The molecule has 260 valence electrons. The lowest BCUT2D eigenvalue weighted by Crippen LogP contribution is -2.16. The van der Waals surface area contributed by atoms with E-state index in [0.717, 1.165) is 22.6 Å². The molecule has 3 aromatic carbocycles. The maximum absolute atomic E-state index is 12.0. The minimum Gasteiger partial charge on any atom is -0.454 e. The Morgan fingerprint density at radius 2 is 1.48 bits per heavy atom. The summed E-state index contributed by atoms with van der Waals surface area (Å²) in [6.45, 7) is 27.6. The standard InChI is InChI=1S/C16H13F3N4O.C9H12.C8H14O2S.2C2H4/c17-16(18,19)24-14-7-5-13(6-8-14)22-10-23-15(21)12-3-1-11(9-20)2-4-12;1-7-5-4-6-8(2)9(7)3;1-6(2)8(9)10-5-11-7(3)4;2*1-2/h1-10,20H,(H2,21,22,23);4-6H,1-3H3;6H,3,5H2,1-2,4H3;2*1-2H2. The van der Waals surface area contributed by atoms with Gasteiger partial charge in [-0.25, -0.2) is 9.98 Å². The molecule has 0 heterocycles. The topological polar surface area (TPSA) is 110 Å². The number of hydrogen-bond donors (Lipinski definition) is 2. The van der Waals surface area contributed by atoms with Gasteiger partial charge in [0.15, 0.2) is 0 Å². The summed E-state index contributed by atoms with van der Waals surface area (Å²) in [5.74, 6) is 0.0920. The Kier molecular flexibility index (Phi) is 23.8. The average molecular weight is 685 g/mol. The lowest BCUT2D eigenvalue weighted by Gasteiger charge is -2.08. The van der Waals surface area contributed by atoms with Gasteiger partial charge in [-0.05, 0) is 79.1 Å². The highest BCUT2D eigenvalue weighted by atomic mass is 32.2. The minimum absolute atomic E-state index is 0.0410. The van der Waals surface area contributed by atoms with Crippen LogP contribution < -0.4 is 10.5 Å². The molecule has 0 unspecified atom stereocenters. The number of alkyl halides is 3. The van der Waals surface area contributed by atoms with Crippen LogP contribution in [0.3, 0.4) is 0 Å². The van der Waals surface area contributed by atoms with Crippen LogP contribution in [0.2, 0.25) is 0 Å². The zero-order valence-electron chi connectivity index (χ0n) is 28.6. The lowest BCUT2D eigenvalue weighted by atomic mass is 10.1. The summed E-state index contributed by atoms with van der Waals surface area (Å²) >= 11 is 1.44. The molecule has 0 spiro atoms. The quantitative estimate of drug-likeness (QED) is 0.0766. The van der Waals surface area contributed by atoms with Gasteiger partial charge < -0.3 is 20.6 Å². The number of hydrogen-bond acceptors (Lipinski definition) is 6. The van der Waals surface area contributed by atoms with E-state index in [4.69, 9.17) is 15.9 Å². The number of carbonyl (C=O) groups is 1. The van der Waals surface area contributed by atoms with Gasteiger partial charge in [-0.2, -0.15) is 0 Å². The van der Waals surface area contributed by atoms with Gasteiger partial charge in [-0.15, -0.1) is 39.5 Å². The number of nitrogens with zero attached hydrogens (tertiary/aromatic N) is 2. The van der Waals surface area contributed by atoms with Gasteiger partial charge in [0.2, 0.25) is 0 Å². The molecule has 0 saturated carbocycles. The van der Waals surface area contributed by atoms with Crippen LogP contribution in [0.5, 0.6) is 5.75 Å². The molecule has 0 fully saturated rings. The predicted molar refractivity (Wildman–Crippen MR) is 198 cm³/mol. The predicted octanol–water partition coefficient (Wildman–Crippen LogP) is 10.3. The van der Waals surface area contributed by atoms with Gasteiger partial charge >= 0.3 is 12.3 Å². The first-order valence-electron chi connectivity index (χ1n) is 14.4. The Morgan fingerprint density at radius 1 is 0.958 bits per heavy atom. The van der Waals surface area contributed by atoms with Crippen molar-refractivity contribution in [3.63, 3.8) is 0 Å². The first kappa shape index (κ1) is 45.2. The summed E-state index contributed by atoms with van der Waals surface area (Å²) in [6.07, 6.45) is -2.30. The van der Waals surface area contributed by atoms with Crippen LogP contribution in [0, 0.1) is 32.1 Å². The molecule has 0 aliphatic heterocycles. The number of allylic oxidation sites excluding steroid dienone is 1. The molecule has 11 heteroatoms. The van der Waals surface area contributed by atoms with Crippen molar-refractivity contribution < 1.29 is 27.4 Å². The van der Waals surface area contributed by atoms with E-state index < -0.39 is 6.36 Å². The number of aryl methyl sites for hydroxylation is 2. The second-order valence-electron chi connectivity index (χ2n) is 9.67. The second kappa shape index (κ2) is 25.2. The molecule has 7 nitrogen and oxygen atoms in total. The van der Waals surface area contributed by atoms with Crippen LogP contribution in [-0.2, 0) is 9.53 Å². The van der Waals surface area contributed by atoms with Crippen molar-refractivity contribution in [2.75, 3.05) is 5.94 Å². The van der Waals surface area contributed by atoms with Gasteiger partial charge in [0.05, 0.1) is 11.6 Å². The highest BCUT2D eigenvalue weighted by Gasteiger charge is 2.30. The van der Waals surface area contributed by atoms with Gasteiger partial charge in [0.25, 0.3) is 0 Å². The summed E-state index contributed by atoms with van der Waals surface area (Å²) < 4.78 is 44.8. The third-order valence-electron chi connectivity index (χ3n) is 5.70. The Labute approximate surface area is 287 Å². The number of benzene rings is 3.